The van der Waals surface area contributed by atoms with Crippen LogP contribution in [0.4, 0.5) is 0 Å². The quantitative estimate of drug-likeness (QED) is 0.0825. The molecular weight excluding hydrogens is 546 g/mol. The van der Waals surface area contributed by atoms with Crippen LogP contribution in [0.3, 0.4) is 0 Å². The molecule has 0 saturated heterocycles. The maximum Gasteiger partial charge on any atom is 0.307 e. The lowest BCUT2D eigenvalue weighted by Crippen LogP contribution is -2.06. The van der Waals surface area contributed by atoms with Crippen molar-refractivity contribution in [2.45, 2.75) is 52.5 Å². The van der Waals surface area contributed by atoms with E-state index in [0.29, 0.717) is 43.1 Å². The molecule has 2 N–H and O–H groups in total. The third-order valence-corrected chi connectivity index (χ3v) is 7.13. The molecule has 43 heavy (non-hydrogen) atoms. The molecule has 1 aromatic heterocycles. The summed E-state index contributed by atoms with van der Waals surface area (Å²) in [5.74, 6) is -0.359. The van der Waals surface area contributed by atoms with E-state index in [1.54, 1.807) is 13.0 Å². The van der Waals surface area contributed by atoms with Gasteiger partial charge in [-0.05, 0) is 79.6 Å². The van der Waals surface area contributed by atoms with E-state index in [1.165, 1.54) is 0 Å². The largest absolute Gasteiger partial charge is 0.494 e. The first-order chi connectivity index (χ1) is 20.7. The number of rotatable bonds is 16. The van der Waals surface area contributed by atoms with Gasteiger partial charge < -0.3 is 24.3 Å². The van der Waals surface area contributed by atoms with Gasteiger partial charge in [-0.15, -0.1) is 0 Å². The molecule has 0 spiro atoms. The number of ketones is 1. The van der Waals surface area contributed by atoms with Gasteiger partial charge in [0.15, 0.2) is 5.78 Å². The van der Waals surface area contributed by atoms with Crippen molar-refractivity contribution < 1.29 is 34.1 Å². The number of carbonyl (C=O) groups excluding carboxylic acids is 1. The molecular formula is C35H37NO7. The number of unbranched alkanes of at least 4 members (excludes halogenated alkanes) is 1. The third kappa shape index (κ3) is 8.58. The van der Waals surface area contributed by atoms with Gasteiger partial charge in [0.05, 0.1) is 25.2 Å². The molecule has 8 heteroatoms. The van der Waals surface area contributed by atoms with Crippen LogP contribution in [0.2, 0.25) is 0 Å². The van der Waals surface area contributed by atoms with E-state index in [2.05, 4.69) is 0 Å². The molecule has 0 aliphatic carbocycles. The second-order valence-electron chi connectivity index (χ2n) is 10.5. The van der Waals surface area contributed by atoms with E-state index in [1.807, 2.05) is 84.4 Å². The lowest BCUT2D eigenvalue weighted by atomic mass is 10.0. The molecule has 8 nitrogen and oxygen atoms in total. The van der Waals surface area contributed by atoms with Gasteiger partial charge in [0.25, 0.3) is 0 Å². The van der Waals surface area contributed by atoms with E-state index in [4.69, 9.17) is 14.6 Å². The van der Waals surface area contributed by atoms with Gasteiger partial charge in [-0.2, -0.15) is 0 Å². The average Bonchev–Trinajstić information content (AvgIpc) is 3.31. The molecule has 0 saturated carbocycles. The first-order valence-corrected chi connectivity index (χ1v) is 14.4. The lowest BCUT2D eigenvalue weighted by molar-refractivity contribution is -0.137. The molecule has 1 heterocycles. The van der Waals surface area contributed by atoms with Crippen molar-refractivity contribution in [2.24, 2.45) is 0 Å². The Hall–Kier alpha value is -4.85. The predicted octanol–water partition coefficient (Wildman–Crippen LogP) is 7.05. The van der Waals surface area contributed by atoms with Gasteiger partial charge in [0, 0.05) is 30.1 Å². The van der Waals surface area contributed by atoms with Gasteiger partial charge >= 0.3 is 11.9 Å². The van der Waals surface area contributed by atoms with Crippen molar-refractivity contribution in [1.82, 2.24) is 4.57 Å². The van der Waals surface area contributed by atoms with Gasteiger partial charge in [0.2, 0.25) is 0 Å². The number of benzene rings is 3. The Labute approximate surface area is 251 Å². The number of carbonyl (C=O) groups is 3. The normalized spacial score (nSPS) is 11.2. The molecule has 0 bridgehead atoms. The van der Waals surface area contributed by atoms with E-state index in [9.17, 15) is 19.5 Å². The topological polar surface area (TPSA) is 115 Å². The van der Waals surface area contributed by atoms with Crippen LogP contribution in [-0.2, 0) is 22.6 Å². The minimum Gasteiger partial charge on any atom is -0.494 e. The molecule has 3 aromatic carbocycles. The SMILES string of the molecule is CC(=O)c1cccc(C)c1OCCCCOc1ccc(C=Cc2cccc3c2c(CC(=O)O)cn3CCCC(=O)O)cc1. The van der Waals surface area contributed by atoms with E-state index < -0.39 is 11.9 Å². The van der Waals surface area contributed by atoms with Crippen molar-refractivity contribution >= 4 is 40.8 Å². The number of aryl methyl sites for hydroxylation is 2. The Morgan fingerprint density at radius 1 is 0.837 bits per heavy atom. The summed E-state index contributed by atoms with van der Waals surface area (Å²) in [5.41, 5.74) is 5.00. The highest BCUT2D eigenvalue weighted by atomic mass is 16.5. The van der Waals surface area contributed by atoms with Crippen LogP contribution >= 0.6 is 0 Å². The number of nitrogens with zero attached hydrogens (tertiary/aromatic N) is 1. The van der Waals surface area contributed by atoms with Gasteiger partial charge in [-0.3, -0.25) is 14.4 Å². The van der Waals surface area contributed by atoms with Crippen molar-refractivity contribution in [3.63, 3.8) is 0 Å². The molecule has 4 aromatic rings. The second kappa shape index (κ2) is 14.9. The summed E-state index contributed by atoms with van der Waals surface area (Å²) in [6, 6.07) is 19.1. The highest BCUT2D eigenvalue weighted by molar-refractivity contribution is 5.97. The number of carboxylic acids is 2. The van der Waals surface area contributed by atoms with Crippen LogP contribution in [0, 0.1) is 6.92 Å². The fourth-order valence-corrected chi connectivity index (χ4v) is 5.04. The Balaban J connectivity index is 1.33. The minimum atomic E-state index is -0.917. The molecule has 0 radical (unpaired) electrons. The molecule has 4 rings (SSSR count). The van der Waals surface area contributed by atoms with Crippen LogP contribution in [0.15, 0.2) is 66.9 Å². The number of hydrogen-bond donors (Lipinski definition) is 2. The number of aromatic nitrogens is 1. The van der Waals surface area contributed by atoms with Crippen LogP contribution in [0.1, 0.15) is 65.2 Å². The van der Waals surface area contributed by atoms with Crippen LogP contribution in [0.5, 0.6) is 11.5 Å². The van der Waals surface area contributed by atoms with Crippen molar-refractivity contribution in [3.8, 4) is 11.5 Å². The Morgan fingerprint density at radius 3 is 2.26 bits per heavy atom. The van der Waals surface area contributed by atoms with Crippen LogP contribution in [-0.4, -0.2) is 45.7 Å². The summed E-state index contributed by atoms with van der Waals surface area (Å²) >= 11 is 0. The van der Waals surface area contributed by atoms with Gasteiger partial charge in [-0.1, -0.05) is 48.6 Å². The zero-order chi connectivity index (χ0) is 30.8. The zero-order valence-electron chi connectivity index (χ0n) is 24.5. The number of aliphatic carboxylic acids is 2. The van der Waals surface area contributed by atoms with Crippen molar-refractivity contribution in [1.29, 1.82) is 0 Å². The fourth-order valence-electron chi connectivity index (χ4n) is 5.04. The highest BCUT2D eigenvalue weighted by Gasteiger charge is 2.14. The van der Waals surface area contributed by atoms with Crippen LogP contribution < -0.4 is 9.47 Å². The van der Waals surface area contributed by atoms with E-state index >= 15 is 0 Å². The molecule has 224 valence electrons. The van der Waals surface area contributed by atoms with Gasteiger partial charge in [-0.25, -0.2) is 0 Å². The number of ether oxygens (including phenoxy) is 2. The summed E-state index contributed by atoms with van der Waals surface area (Å²) < 4.78 is 13.7. The highest BCUT2D eigenvalue weighted by Crippen LogP contribution is 2.28. The summed E-state index contributed by atoms with van der Waals surface area (Å²) in [6.45, 7) is 5.03. The Morgan fingerprint density at radius 2 is 1.56 bits per heavy atom. The Bertz CT molecular complexity index is 1620. The third-order valence-electron chi connectivity index (χ3n) is 7.13. The molecule has 0 aliphatic rings. The number of para-hydroxylation sites is 1. The smallest absolute Gasteiger partial charge is 0.307 e. The molecule has 0 unspecified atom stereocenters. The lowest BCUT2D eigenvalue weighted by Gasteiger charge is -2.12. The van der Waals surface area contributed by atoms with E-state index in [0.717, 1.165) is 46.2 Å². The second-order valence-corrected chi connectivity index (χ2v) is 10.5. The number of carboxylic acid groups (broad SMARTS) is 2. The first-order valence-electron chi connectivity index (χ1n) is 14.4. The Kier molecular flexibility index (Phi) is 10.7. The molecule has 0 amide bonds. The maximum absolute atomic E-state index is 11.9. The summed E-state index contributed by atoms with van der Waals surface area (Å²) in [6.07, 6.45) is 7.77. The maximum atomic E-state index is 11.9. The standard InChI is InChI=1S/C35H37NO7/c1-24-8-5-10-30(25(2)37)35(24)43-21-4-3-20-42-29-17-14-26(15-18-29)13-16-27-9-6-11-31-34(27)28(22-33(40)41)23-36(31)19-7-12-32(38)39/h5-6,8-11,13-18,23H,3-4,7,12,19-22H2,1-2H3,(H,38,39)(H,40,41). The van der Waals surface area contributed by atoms with E-state index in [-0.39, 0.29) is 18.6 Å². The van der Waals surface area contributed by atoms with Gasteiger partial charge in [0.1, 0.15) is 11.5 Å². The molecule has 0 aliphatic heterocycles. The average molecular weight is 584 g/mol. The summed E-state index contributed by atoms with van der Waals surface area (Å²) in [4.78, 5) is 34.4. The molecule has 0 atom stereocenters. The fraction of sp³-hybridized carbons (Fsp3) is 0.286. The number of hydrogen-bond acceptors (Lipinski definition) is 5. The minimum absolute atomic E-state index is 0.00983. The van der Waals surface area contributed by atoms with Crippen molar-refractivity contribution in [3.05, 3.63) is 94.7 Å². The first kappa shape index (κ1) is 31.1. The zero-order valence-corrected chi connectivity index (χ0v) is 24.5. The monoisotopic (exact) mass is 583 g/mol. The number of Topliss-reactive ketones (excluding diaryl/α,β-unsaturated/α-hetero) is 1. The molecule has 0 fully saturated rings. The predicted molar refractivity (Wildman–Crippen MR) is 167 cm³/mol. The summed E-state index contributed by atoms with van der Waals surface area (Å²) in [5, 5.41) is 19.3. The van der Waals surface area contributed by atoms with Crippen molar-refractivity contribution in [2.75, 3.05) is 13.2 Å². The summed E-state index contributed by atoms with van der Waals surface area (Å²) in [7, 11) is 0. The van der Waals surface area contributed by atoms with Crippen LogP contribution in [0.25, 0.3) is 23.1 Å². The number of fused-ring (bicyclic) bond motifs is 1.